The fourth-order valence-electron chi connectivity index (χ4n) is 2.03. The van der Waals surface area contributed by atoms with Crippen molar-refractivity contribution in [1.82, 2.24) is 10.3 Å². The first-order chi connectivity index (χ1) is 8.72. The Balaban J connectivity index is 2.36. The fraction of sp³-hybridized carbons (Fsp3) is 0.267. The molecule has 2 rings (SSSR count). The first kappa shape index (κ1) is 12.6. The number of pyridine rings is 1. The van der Waals surface area contributed by atoms with Gasteiger partial charge < -0.3 is 10.2 Å². The van der Waals surface area contributed by atoms with Crippen molar-refractivity contribution >= 4 is 11.4 Å². The highest BCUT2D eigenvalue weighted by Crippen LogP contribution is 2.26. The zero-order valence-electron chi connectivity index (χ0n) is 11.1. The Morgan fingerprint density at radius 1 is 1.28 bits per heavy atom. The number of hydrogen-bond acceptors (Lipinski definition) is 3. The lowest BCUT2D eigenvalue weighted by molar-refractivity contribution is 0.814. The second-order valence-corrected chi connectivity index (χ2v) is 4.43. The molecule has 0 aliphatic heterocycles. The minimum absolute atomic E-state index is 0.841. The van der Waals surface area contributed by atoms with Crippen molar-refractivity contribution < 1.29 is 0 Å². The van der Waals surface area contributed by atoms with Gasteiger partial charge in [0, 0.05) is 25.5 Å². The molecule has 94 valence electrons. The van der Waals surface area contributed by atoms with Crippen LogP contribution in [0.5, 0.6) is 0 Å². The minimum atomic E-state index is 0.841. The molecular formula is C15H19N3. The van der Waals surface area contributed by atoms with E-state index in [9.17, 15) is 0 Å². The van der Waals surface area contributed by atoms with Crippen LogP contribution < -0.4 is 10.2 Å². The number of nitrogens with zero attached hydrogens (tertiary/aromatic N) is 2. The number of benzene rings is 1. The second-order valence-electron chi connectivity index (χ2n) is 4.43. The summed E-state index contributed by atoms with van der Waals surface area (Å²) in [6.07, 6.45) is 3.75. The van der Waals surface area contributed by atoms with E-state index in [-0.39, 0.29) is 0 Å². The molecule has 0 spiro atoms. The van der Waals surface area contributed by atoms with Gasteiger partial charge in [0.2, 0.25) is 0 Å². The van der Waals surface area contributed by atoms with Gasteiger partial charge in [0.25, 0.3) is 0 Å². The highest BCUT2D eigenvalue weighted by atomic mass is 15.1. The Kier molecular flexibility index (Phi) is 3.95. The maximum absolute atomic E-state index is 4.23. The van der Waals surface area contributed by atoms with Crippen molar-refractivity contribution in [3.63, 3.8) is 0 Å². The molecular weight excluding hydrogens is 222 g/mol. The van der Waals surface area contributed by atoms with Crippen LogP contribution in [0.3, 0.4) is 0 Å². The summed E-state index contributed by atoms with van der Waals surface area (Å²) in [5.41, 5.74) is 4.83. The van der Waals surface area contributed by atoms with Crippen molar-refractivity contribution in [3.05, 3.63) is 53.9 Å². The van der Waals surface area contributed by atoms with Gasteiger partial charge in [-0.2, -0.15) is 0 Å². The molecule has 3 heteroatoms. The van der Waals surface area contributed by atoms with E-state index in [0.717, 1.165) is 12.2 Å². The zero-order chi connectivity index (χ0) is 13.0. The monoisotopic (exact) mass is 241 g/mol. The molecule has 0 aliphatic rings. The Labute approximate surface area is 108 Å². The molecule has 2 aromatic rings. The number of rotatable bonds is 4. The van der Waals surface area contributed by atoms with Crippen LogP contribution >= 0.6 is 0 Å². The number of hydrogen-bond donors (Lipinski definition) is 1. The van der Waals surface area contributed by atoms with Crippen molar-refractivity contribution in [2.24, 2.45) is 0 Å². The Hall–Kier alpha value is -1.87. The zero-order valence-corrected chi connectivity index (χ0v) is 11.1. The van der Waals surface area contributed by atoms with Crippen LogP contribution in [0.15, 0.2) is 42.7 Å². The predicted octanol–water partition coefficient (Wildman–Crippen LogP) is 2.88. The summed E-state index contributed by atoms with van der Waals surface area (Å²) in [6.45, 7) is 2.95. The Morgan fingerprint density at radius 3 is 2.83 bits per heavy atom. The van der Waals surface area contributed by atoms with Crippen molar-refractivity contribution in [3.8, 4) is 0 Å². The van der Waals surface area contributed by atoms with E-state index in [1.54, 1.807) is 0 Å². The van der Waals surface area contributed by atoms with E-state index in [1.807, 2.05) is 19.4 Å². The molecule has 0 unspecified atom stereocenters. The number of aromatic nitrogens is 1. The van der Waals surface area contributed by atoms with Gasteiger partial charge in [-0.1, -0.05) is 12.1 Å². The van der Waals surface area contributed by atoms with E-state index < -0.39 is 0 Å². The van der Waals surface area contributed by atoms with E-state index in [1.165, 1.54) is 16.8 Å². The van der Waals surface area contributed by atoms with Gasteiger partial charge in [0.05, 0.1) is 11.9 Å². The highest BCUT2D eigenvalue weighted by Gasteiger charge is 2.08. The third-order valence-electron chi connectivity index (χ3n) is 3.01. The molecule has 0 radical (unpaired) electrons. The number of aryl methyl sites for hydroxylation is 1. The quantitative estimate of drug-likeness (QED) is 0.892. The van der Waals surface area contributed by atoms with Gasteiger partial charge >= 0.3 is 0 Å². The standard InChI is InChI=1S/C15H19N3/c1-12-5-4-6-14(9-12)18(3)15-11-17-8-7-13(15)10-16-2/h4-9,11,16H,10H2,1-3H3. The molecule has 18 heavy (non-hydrogen) atoms. The van der Waals surface area contributed by atoms with E-state index in [0.29, 0.717) is 0 Å². The Morgan fingerprint density at radius 2 is 2.11 bits per heavy atom. The van der Waals surface area contributed by atoms with Crippen molar-refractivity contribution in [2.75, 3.05) is 19.0 Å². The van der Waals surface area contributed by atoms with E-state index in [2.05, 4.69) is 59.5 Å². The van der Waals surface area contributed by atoms with Crippen LogP contribution in [-0.2, 0) is 6.54 Å². The molecule has 0 fully saturated rings. The molecule has 1 N–H and O–H groups in total. The molecule has 3 nitrogen and oxygen atoms in total. The summed E-state index contributed by atoms with van der Waals surface area (Å²) >= 11 is 0. The molecule has 0 bridgehead atoms. The molecule has 1 aromatic heterocycles. The van der Waals surface area contributed by atoms with Gasteiger partial charge in [-0.15, -0.1) is 0 Å². The second kappa shape index (κ2) is 5.65. The topological polar surface area (TPSA) is 28.2 Å². The fourth-order valence-corrected chi connectivity index (χ4v) is 2.03. The SMILES string of the molecule is CNCc1ccncc1N(C)c1cccc(C)c1. The first-order valence-corrected chi connectivity index (χ1v) is 6.10. The maximum atomic E-state index is 4.23. The molecule has 1 aromatic carbocycles. The van der Waals surface area contributed by atoms with Crippen molar-refractivity contribution in [2.45, 2.75) is 13.5 Å². The smallest absolute Gasteiger partial charge is 0.0640 e. The summed E-state index contributed by atoms with van der Waals surface area (Å²) < 4.78 is 0. The van der Waals surface area contributed by atoms with Gasteiger partial charge in [0.1, 0.15) is 0 Å². The van der Waals surface area contributed by atoms with Gasteiger partial charge in [-0.05, 0) is 43.3 Å². The lowest BCUT2D eigenvalue weighted by Gasteiger charge is -2.22. The predicted molar refractivity (Wildman–Crippen MR) is 76.2 cm³/mol. The maximum Gasteiger partial charge on any atom is 0.0640 e. The highest BCUT2D eigenvalue weighted by molar-refractivity contribution is 5.65. The normalized spacial score (nSPS) is 10.4. The number of anilines is 2. The van der Waals surface area contributed by atoms with Crippen LogP contribution in [0, 0.1) is 6.92 Å². The van der Waals surface area contributed by atoms with Crippen molar-refractivity contribution in [1.29, 1.82) is 0 Å². The molecule has 1 heterocycles. The number of nitrogens with one attached hydrogen (secondary N) is 1. The molecule has 0 saturated carbocycles. The lowest BCUT2D eigenvalue weighted by atomic mass is 10.1. The third-order valence-corrected chi connectivity index (χ3v) is 3.01. The summed E-state index contributed by atoms with van der Waals surface area (Å²) in [7, 11) is 4.03. The summed E-state index contributed by atoms with van der Waals surface area (Å²) in [4.78, 5) is 6.40. The largest absolute Gasteiger partial charge is 0.343 e. The van der Waals surface area contributed by atoms with E-state index >= 15 is 0 Å². The molecule has 0 atom stereocenters. The summed E-state index contributed by atoms with van der Waals surface area (Å²) in [5, 5.41) is 3.19. The first-order valence-electron chi connectivity index (χ1n) is 6.10. The minimum Gasteiger partial charge on any atom is -0.343 e. The van der Waals surface area contributed by atoms with E-state index in [4.69, 9.17) is 0 Å². The molecule has 0 aliphatic carbocycles. The van der Waals surface area contributed by atoms with Gasteiger partial charge in [0.15, 0.2) is 0 Å². The third kappa shape index (κ3) is 2.68. The molecule has 0 amide bonds. The van der Waals surface area contributed by atoms with Crippen LogP contribution in [0.4, 0.5) is 11.4 Å². The van der Waals surface area contributed by atoms with Gasteiger partial charge in [-0.3, -0.25) is 4.98 Å². The van der Waals surface area contributed by atoms with Gasteiger partial charge in [-0.25, -0.2) is 0 Å². The van der Waals surface area contributed by atoms with Crippen LogP contribution in [0.25, 0.3) is 0 Å². The average Bonchev–Trinajstić information content (AvgIpc) is 2.39. The van der Waals surface area contributed by atoms with Crippen LogP contribution in [-0.4, -0.2) is 19.1 Å². The lowest BCUT2D eigenvalue weighted by Crippen LogP contribution is -2.15. The summed E-state index contributed by atoms with van der Waals surface area (Å²) in [6, 6.07) is 10.5. The average molecular weight is 241 g/mol. The van der Waals surface area contributed by atoms with Crippen LogP contribution in [0.2, 0.25) is 0 Å². The summed E-state index contributed by atoms with van der Waals surface area (Å²) in [5.74, 6) is 0. The molecule has 0 saturated heterocycles. The van der Waals surface area contributed by atoms with Crippen LogP contribution in [0.1, 0.15) is 11.1 Å². The Bertz CT molecular complexity index is 523.